The Morgan fingerprint density at radius 3 is 2.72 bits per heavy atom. The van der Waals surface area contributed by atoms with Crippen LogP contribution in [0.1, 0.15) is 33.3 Å². The summed E-state index contributed by atoms with van der Waals surface area (Å²) in [7, 11) is 0. The van der Waals surface area contributed by atoms with Crippen LogP contribution in [0.2, 0.25) is 0 Å². The molecule has 0 atom stereocenters. The first kappa shape index (κ1) is 12.4. The van der Waals surface area contributed by atoms with Crippen molar-refractivity contribution in [2.24, 2.45) is 0 Å². The number of carbonyl (C=O) groups is 1. The second kappa shape index (κ2) is 5.05. The van der Waals surface area contributed by atoms with Gasteiger partial charge in [0.25, 0.3) is 0 Å². The third-order valence-corrected chi connectivity index (χ3v) is 2.52. The first-order valence-electron chi connectivity index (χ1n) is 5.52. The molecule has 2 N–H and O–H groups in total. The van der Waals surface area contributed by atoms with Crippen molar-refractivity contribution in [1.82, 2.24) is 10.5 Å². The van der Waals surface area contributed by atoms with Crippen molar-refractivity contribution in [1.29, 1.82) is 0 Å². The molecule has 0 aromatic carbocycles. The van der Waals surface area contributed by atoms with Crippen LogP contribution in [0.4, 0.5) is 0 Å². The number of hydrogen-bond acceptors (Lipinski definition) is 5. The number of aryl methyl sites for hydroxylation is 2. The van der Waals surface area contributed by atoms with E-state index in [4.69, 9.17) is 14.0 Å². The van der Waals surface area contributed by atoms with Gasteiger partial charge in [0.2, 0.25) is 5.76 Å². The van der Waals surface area contributed by atoms with E-state index in [1.807, 2.05) is 13.0 Å². The topological polar surface area (TPSA) is 88.5 Å². The van der Waals surface area contributed by atoms with E-state index < -0.39 is 5.97 Å². The van der Waals surface area contributed by atoms with Gasteiger partial charge in [-0.2, -0.15) is 0 Å². The zero-order valence-corrected chi connectivity index (χ0v) is 10.2. The summed E-state index contributed by atoms with van der Waals surface area (Å²) in [6.45, 7) is 4.64. The van der Waals surface area contributed by atoms with Gasteiger partial charge in [-0.1, -0.05) is 5.16 Å². The minimum atomic E-state index is -1.06. The van der Waals surface area contributed by atoms with Crippen LogP contribution in [-0.2, 0) is 13.1 Å². The van der Waals surface area contributed by atoms with Gasteiger partial charge in [0.15, 0.2) is 5.76 Å². The first-order valence-corrected chi connectivity index (χ1v) is 5.52. The molecule has 2 aromatic heterocycles. The van der Waals surface area contributed by atoms with Gasteiger partial charge in [0.05, 0.1) is 12.2 Å². The van der Waals surface area contributed by atoms with Crippen molar-refractivity contribution in [3.05, 3.63) is 40.7 Å². The molecule has 0 saturated carbocycles. The van der Waals surface area contributed by atoms with Crippen LogP contribution < -0.4 is 5.32 Å². The number of aromatic nitrogens is 1. The maximum Gasteiger partial charge on any atom is 0.371 e. The molecule has 0 aliphatic rings. The molecule has 96 valence electrons. The van der Waals surface area contributed by atoms with Gasteiger partial charge in [-0.15, -0.1) is 0 Å². The summed E-state index contributed by atoms with van der Waals surface area (Å²) in [6.07, 6.45) is 0. The highest BCUT2D eigenvalue weighted by molar-refractivity contribution is 5.84. The quantitative estimate of drug-likeness (QED) is 0.842. The highest BCUT2D eigenvalue weighted by atomic mass is 16.5. The molecular formula is C12H14N2O4. The van der Waals surface area contributed by atoms with Crippen LogP contribution in [0.5, 0.6) is 0 Å². The third kappa shape index (κ3) is 2.78. The third-order valence-electron chi connectivity index (χ3n) is 2.52. The molecule has 2 aromatic rings. The Morgan fingerprint density at radius 2 is 2.17 bits per heavy atom. The fraction of sp³-hybridized carbons (Fsp3) is 0.333. The highest BCUT2D eigenvalue weighted by Gasteiger charge is 2.12. The van der Waals surface area contributed by atoms with Crippen molar-refractivity contribution >= 4 is 5.97 Å². The van der Waals surface area contributed by atoms with Crippen molar-refractivity contribution in [3.8, 4) is 0 Å². The lowest BCUT2D eigenvalue weighted by Crippen LogP contribution is -2.12. The lowest BCUT2D eigenvalue weighted by molar-refractivity contribution is 0.0661. The zero-order valence-electron chi connectivity index (χ0n) is 10.2. The molecule has 2 heterocycles. The number of hydrogen-bond donors (Lipinski definition) is 2. The molecule has 0 spiro atoms. The average Bonchev–Trinajstić information content (AvgIpc) is 2.87. The lowest BCUT2D eigenvalue weighted by Gasteiger charge is -1.99. The molecule has 18 heavy (non-hydrogen) atoms. The number of aromatic carboxylic acids is 1. The van der Waals surface area contributed by atoms with E-state index in [1.165, 1.54) is 6.07 Å². The van der Waals surface area contributed by atoms with Gasteiger partial charge in [0.1, 0.15) is 5.76 Å². The Hall–Kier alpha value is -2.08. The van der Waals surface area contributed by atoms with Crippen molar-refractivity contribution in [2.75, 3.05) is 0 Å². The fourth-order valence-corrected chi connectivity index (χ4v) is 1.62. The molecule has 6 heteroatoms. The van der Waals surface area contributed by atoms with Crippen LogP contribution in [0.25, 0.3) is 0 Å². The number of rotatable bonds is 5. The Kier molecular flexibility index (Phi) is 3.47. The second-order valence-electron chi connectivity index (χ2n) is 4.04. The predicted molar refractivity (Wildman–Crippen MR) is 62.2 cm³/mol. The summed E-state index contributed by atoms with van der Waals surface area (Å²) in [4.78, 5) is 10.7. The van der Waals surface area contributed by atoms with E-state index in [0.29, 0.717) is 18.8 Å². The number of nitrogens with one attached hydrogen (secondary N) is 1. The van der Waals surface area contributed by atoms with Gasteiger partial charge in [-0.05, 0) is 19.9 Å². The lowest BCUT2D eigenvalue weighted by atomic mass is 10.2. The minimum absolute atomic E-state index is 0.0418. The molecule has 0 fully saturated rings. The number of carboxylic acid groups (broad SMARTS) is 1. The van der Waals surface area contributed by atoms with E-state index in [2.05, 4.69) is 10.5 Å². The van der Waals surface area contributed by atoms with Gasteiger partial charge in [-0.3, -0.25) is 0 Å². The molecule has 0 aliphatic carbocycles. The number of nitrogens with zero attached hydrogens (tertiary/aromatic N) is 1. The Morgan fingerprint density at radius 1 is 1.39 bits per heavy atom. The largest absolute Gasteiger partial charge is 0.475 e. The Bertz CT molecular complexity index is 556. The van der Waals surface area contributed by atoms with Crippen molar-refractivity contribution in [3.63, 3.8) is 0 Å². The summed E-state index contributed by atoms with van der Waals surface area (Å²) in [6, 6.07) is 3.37. The zero-order chi connectivity index (χ0) is 13.1. The van der Waals surface area contributed by atoms with Gasteiger partial charge in [0, 0.05) is 18.2 Å². The SMILES string of the molecule is Cc1cc(CNCc2cc(C(=O)O)oc2C)on1. The standard InChI is InChI=1S/C12H14N2O4/c1-7-3-10(18-14-7)6-13-5-9-4-11(12(15)16)17-8(9)2/h3-4,13H,5-6H2,1-2H3,(H,15,16). The smallest absolute Gasteiger partial charge is 0.371 e. The second-order valence-corrected chi connectivity index (χ2v) is 4.04. The van der Waals surface area contributed by atoms with Crippen molar-refractivity contribution in [2.45, 2.75) is 26.9 Å². The number of carboxylic acids is 1. The molecule has 0 bridgehead atoms. The Labute approximate surface area is 104 Å². The highest BCUT2D eigenvalue weighted by Crippen LogP contribution is 2.14. The van der Waals surface area contributed by atoms with Gasteiger partial charge in [-0.25, -0.2) is 4.79 Å². The molecular weight excluding hydrogens is 236 g/mol. The van der Waals surface area contributed by atoms with Crippen LogP contribution in [0.15, 0.2) is 21.1 Å². The summed E-state index contributed by atoms with van der Waals surface area (Å²) in [5.41, 5.74) is 1.66. The fourth-order valence-electron chi connectivity index (χ4n) is 1.62. The van der Waals surface area contributed by atoms with E-state index in [0.717, 1.165) is 17.0 Å². The first-order chi connectivity index (χ1) is 8.56. The molecule has 0 amide bonds. The summed E-state index contributed by atoms with van der Waals surface area (Å²) >= 11 is 0. The molecule has 0 aliphatic heterocycles. The molecule has 0 unspecified atom stereocenters. The van der Waals surface area contributed by atoms with Gasteiger partial charge >= 0.3 is 5.97 Å². The van der Waals surface area contributed by atoms with Crippen molar-refractivity contribution < 1.29 is 18.8 Å². The maximum absolute atomic E-state index is 10.7. The number of furan rings is 1. The summed E-state index contributed by atoms with van der Waals surface area (Å²) in [5, 5.41) is 15.7. The molecule has 0 saturated heterocycles. The summed E-state index contributed by atoms with van der Waals surface area (Å²) in [5.74, 6) is 0.246. The minimum Gasteiger partial charge on any atom is -0.475 e. The molecule has 6 nitrogen and oxygen atoms in total. The predicted octanol–water partition coefficient (Wildman–Crippen LogP) is 1.87. The van der Waals surface area contributed by atoms with E-state index in [9.17, 15) is 4.79 Å². The van der Waals surface area contributed by atoms with Gasteiger partial charge < -0.3 is 19.4 Å². The van der Waals surface area contributed by atoms with E-state index in [1.54, 1.807) is 6.92 Å². The summed E-state index contributed by atoms with van der Waals surface area (Å²) < 4.78 is 10.2. The van der Waals surface area contributed by atoms with Crippen LogP contribution >= 0.6 is 0 Å². The normalized spacial score (nSPS) is 10.8. The molecule has 0 radical (unpaired) electrons. The van der Waals surface area contributed by atoms with E-state index in [-0.39, 0.29) is 5.76 Å². The maximum atomic E-state index is 10.7. The van der Waals surface area contributed by atoms with Crippen LogP contribution in [-0.4, -0.2) is 16.2 Å². The Balaban J connectivity index is 1.92. The van der Waals surface area contributed by atoms with Crippen LogP contribution in [0, 0.1) is 13.8 Å². The van der Waals surface area contributed by atoms with E-state index >= 15 is 0 Å². The average molecular weight is 250 g/mol. The van der Waals surface area contributed by atoms with Crippen LogP contribution in [0.3, 0.4) is 0 Å². The monoisotopic (exact) mass is 250 g/mol. The molecule has 2 rings (SSSR count).